The lowest BCUT2D eigenvalue weighted by Gasteiger charge is -2.13. The van der Waals surface area contributed by atoms with Gasteiger partial charge in [-0.15, -0.1) is 0 Å². The molecule has 5 rings (SSSR count). The second kappa shape index (κ2) is 9.41. The molecule has 0 saturated carbocycles. The van der Waals surface area contributed by atoms with Crippen LogP contribution in [0, 0.1) is 5.82 Å². The highest BCUT2D eigenvalue weighted by Crippen LogP contribution is 2.37. The molecule has 0 spiro atoms. The van der Waals surface area contributed by atoms with Gasteiger partial charge in [0.1, 0.15) is 11.5 Å². The Bertz CT molecular complexity index is 1740. The minimum absolute atomic E-state index is 0.0152. The third-order valence-corrected chi connectivity index (χ3v) is 5.58. The summed E-state index contributed by atoms with van der Waals surface area (Å²) >= 11 is 0. The predicted octanol–water partition coefficient (Wildman–Crippen LogP) is 2.46. The van der Waals surface area contributed by atoms with Crippen LogP contribution in [0.4, 0.5) is 4.39 Å². The Morgan fingerprint density at radius 1 is 1.03 bits per heavy atom. The summed E-state index contributed by atoms with van der Waals surface area (Å²) in [6.45, 7) is 3.88. The summed E-state index contributed by atoms with van der Waals surface area (Å²) in [5, 5.41) is 28.0. The zero-order valence-electron chi connectivity index (χ0n) is 19.5. The van der Waals surface area contributed by atoms with Crippen molar-refractivity contribution in [1.82, 2.24) is 29.3 Å². The topological polar surface area (TPSA) is 162 Å². The number of benzene rings is 2. The van der Waals surface area contributed by atoms with E-state index in [0.29, 0.717) is 23.0 Å². The highest BCUT2D eigenvalue weighted by atomic mass is 19.1. The number of aromatic nitrogens is 6. The van der Waals surface area contributed by atoms with Crippen LogP contribution in [0.5, 0.6) is 11.5 Å². The van der Waals surface area contributed by atoms with Crippen LogP contribution >= 0.6 is 0 Å². The van der Waals surface area contributed by atoms with E-state index in [1.807, 2.05) is 60.9 Å². The Labute approximate surface area is 202 Å². The first kappa shape index (κ1) is 24.3. The van der Waals surface area contributed by atoms with E-state index in [2.05, 4.69) is 10.2 Å². The van der Waals surface area contributed by atoms with E-state index in [-0.39, 0.29) is 23.2 Å². The van der Waals surface area contributed by atoms with Gasteiger partial charge in [0.05, 0.1) is 11.3 Å². The lowest BCUT2D eigenvalue weighted by molar-refractivity contribution is 0.444. The molecule has 12 heteroatoms. The van der Waals surface area contributed by atoms with Crippen LogP contribution in [-0.4, -0.2) is 39.5 Å². The molecular weight excluding hydrogens is 471 g/mol. The molecule has 0 aliphatic rings. The number of aryl methyl sites for hydroxylation is 1. The number of phenols is 2. The number of nitrogens with zero attached hydrogens (tertiary/aromatic N) is 3. The molecule has 0 bridgehead atoms. The van der Waals surface area contributed by atoms with Crippen molar-refractivity contribution < 1.29 is 14.6 Å². The predicted molar refractivity (Wildman–Crippen MR) is 131 cm³/mol. The third-order valence-electron chi connectivity index (χ3n) is 5.58. The Morgan fingerprint density at radius 3 is 2.44 bits per heavy atom. The number of hydrogen-bond acceptors (Lipinski definition) is 6. The van der Waals surface area contributed by atoms with Crippen molar-refractivity contribution in [2.75, 3.05) is 0 Å². The van der Waals surface area contributed by atoms with E-state index in [1.165, 1.54) is 10.6 Å². The number of aromatic amines is 3. The SMILES string of the molecule is CC(C)c1cc(-c2n[nH]c(=O)n2-c2ccc3c(ccn3C)c2)c(O)cc1O.O=c1[nH]cc(F)c(=O)[nH]1. The first-order valence-electron chi connectivity index (χ1n) is 10.8. The summed E-state index contributed by atoms with van der Waals surface area (Å²) in [5.74, 6) is -0.784. The van der Waals surface area contributed by atoms with E-state index in [0.717, 1.165) is 10.9 Å². The second-order valence-corrected chi connectivity index (χ2v) is 8.36. The van der Waals surface area contributed by atoms with Crippen molar-refractivity contribution in [3.05, 3.63) is 91.5 Å². The van der Waals surface area contributed by atoms with Crippen molar-refractivity contribution in [2.45, 2.75) is 19.8 Å². The van der Waals surface area contributed by atoms with Crippen LogP contribution in [0.1, 0.15) is 25.3 Å². The molecular formula is C24H23FN6O5. The molecule has 0 saturated heterocycles. The first-order chi connectivity index (χ1) is 17.1. The van der Waals surface area contributed by atoms with Crippen LogP contribution in [0.3, 0.4) is 0 Å². The molecule has 5 N–H and O–H groups in total. The van der Waals surface area contributed by atoms with Crippen LogP contribution in [0.25, 0.3) is 28.0 Å². The van der Waals surface area contributed by atoms with Gasteiger partial charge in [-0.3, -0.25) is 9.78 Å². The van der Waals surface area contributed by atoms with Gasteiger partial charge in [-0.25, -0.2) is 19.3 Å². The summed E-state index contributed by atoms with van der Waals surface area (Å²) < 4.78 is 15.4. The average Bonchev–Trinajstić information content (AvgIpc) is 3.39. The lowest BCUT2D eigenvalue weighted by Crippen LogP contribution is -2.23. The van der Waals surface area contributed by atoms with Crippen LogP contribution < -0.4 is 16.9 Å². The Kier molecular flexibility index (Phi) is 6.34. The van der Waals surface area contributed by atoms with Gasteiger partial charge >= 0.3 is 11.4 Å². The van der Waals surface area contributed by atoms with Gasteiger partial charge in [-0.1, -0.05) is 13.8 Å². The number of halogens is 1. The number of hydrogen-bond donors (Lipinski definition) is 5. The lowest BCUT2D eigenvalue weighted by atomic mass is 9.98. The van der Waals surface area contributed by atoms with Gasteiger partial charge in [0.15, 0.2) is 5.82 Å². The molecule has 0 amide bonds. The summed E-state index contributed by atoms with van der Waals surface area (Å²) in [6.07, 6.45) is 2.66. The van der Waals surface area contributed by atoms with E-state index in [9.17, 15) is 29.0 Å². The first-order valence-corrected chi connectivity index (χ1v) is 10.8. The molecule has 2 aromatic carbocycles. The fourth-order valence-corrected chi connectivity index (χ4v) is 3.75. The largest absolute Gasteiger partial charge is 0.508 e. The fraction of sp³-hybridized carbons (Fsp3) is 0.167. The van der Waals surface area contributed by atoms with Gasteiger partial charge in [0, 0.05) is 36.4 Å². The van der Waals surface area contributed by atoms with Crippen molar-refractivity contribution >= 4 is 10.9 Å². The summed E-state index contributed by atoms with van der Waals surface area (Å²) in [7, 11) is 1.96. The Balaban J connectivity index is 0.000000286. The van der Waals surface area contributed by atoms with Crippen LogP contribution in [0.2, 0.25) is 0 Å². The molecule has 0 unspecified atom stereocenters. The van der Waals surface area contributed by atoms with Gasteiger partial charge in [0.25, 0.3) is 5.56 Å². The number of aromatic hydroxyl groups is 2. The number of H-pyrrole nitrogens is 3. The van der Waals surface area contributed by atoms with Crippen molar-refractivity contribution in [3.63, 3.8) is 0 Å². The molecule has 0 fully saturated rings. The van der Waals surface area contributed by atoms with Gasteiger partial charge in [0.2, 0.25) is 5.82 Å². The van der Waals surface area contributed by atoms with E-state index < -0.39 is 22.8 Å². The van der Waals surface area contributed by atoms with Crippen molar-refractivity contribution in [3.8, 4) is 28.6 Å². The summed E-state index contributed by atoms with van der Waals surface area (Å²) in [5.41, 5.74) is 0.623. The zero-order valence-corrected chi connectivity index (χ0v) is 19.5. The molecule has 5 aromatic rings. The maximum Gasteiger partial charge on any atom is 0.348 e. The van der Waals surface area contributed by atoms with E-state index in [1.54, 1.807) is 11.1 Å². The maximum atomic E-state index is 12.5. The zero-order chi connectivity index (χ0) is 26.1. The van der Waals surface area contributed by atoms with Crippen LogP contribution in [-0.2, 0) is 7.05 Å². The smallest absolute Gasteiger partial charge is 0.348 e. The second-order valence-electron chi connectivity index (χ2n) is 8.36. The monoisotopic (exact) mass is 494 g/mol. The minimum Gasteiger partial charge on any atom is -0.508 e. The molecule has 0 aliphatic heterocycles. The Hall–Kier alpha value is -4.87. The molecule has 0 atom stereocenters. The number of rotatable bonds is 3. The maximum absolute atomic E-state index is 12.5. The summed E-state index contributed by atoms with van der Waals surface area (Å²) in [4.78, 5) is 36.5. The molecule has 11 nitrogen and oxygen atoms in total. The van der Waals surface area contributed by atoms with Gasteiger partial charge in [-0.2, -0.15) is 9.49 Å². The molecule has 0 radical (unpaired) electrons. The number of phenolic OH excluding ortho intramolecular Hbond substituents is 2. The quantitative estimate of drug-likeness (QED) is 0.259. The van der Waals surface area contributed by atoms with Gasteiger partial charge < -0.3 is 19.8 Å². The normalized spacial score (nSPS) is 11.0. The highest BCUT2D eigenvalue weighted by molar-refractivity contribution is 5.82. The van der Waals surface area contributed by atoms with Crippen LogP contribution in [0.15, 0.2) is 63.2 Å². The number of nitrogens with one attached hydrogen (secondary N) is 3. The fourth-order valence-electron chi connectivity index (χ4n) is 3.75. The molecule has 36 heavy (non-hydrogen) atoms. The molecule has 186 valence electrons. The third kappa shape index (κ3) is 4.56. The Morgan fingerprint density at radius 2 is 1.78 bits per heavy atom. The van der Waals surface area contributed by atoms with Gasteiger partial charge in [-0.05, 0) is 41.8 Å². The van der Waals surface area contributed by atoms with E-state index in [4.69, 9.17) is 0 Å². The molecule has 0 aliphatic carbocycles. The molecule has 3 heterocycles. The van der Waals surface area contributed by atoms with E-state index >= 15 is 0 Å². The van der Waals surface area contributed by atoms with Crippen molar-refractivity contribution in [2.24, 2.45) is 7.05 Å². The highest BCUT2D eigenvalue weighted by Gasteiger charge is 2.19. The minimum atomic E-state index is -1.00. The van der Waals surface area contributed by atoms with Crippen molar-refractivity contribution in [1.29, 1.82) is 0 Å². The summed E-state index contributed by atoms with van der Waals surface area (Å²) in [6, 6.07) is 10.6. The standard InChI is InChI=1S/C20H20N4O3.C4H3FN2O2/c1-11(2)14-9-15(18(26)10-17(14)25)19-21-22-20(27)24(19)13-4-5-16-12(8-13)6-7-23(16)3;5-2-1-6-4(9)7-3(2)8/h4-11,25-26H,1-3H3,(H,22,27);1H,(H2,6,7,8,9). The molecule has 3 aromatic heterocycles. The average molecular weight is 494 g/mol. The number of fused-ring (bicyclic) bond motifs is 1.